The van der Waals surface area contributed by atoms with Gasteiger partial charge in [-0.05, 0) is 62.6 Å². The van der Waals surface area contributed by atoms with Crippen molar-refractivity contribution in [1.82, 2.24) is 15.1 Å². The predicted molar refractivity (Wildman–Crippen MR) is 123 cm³/mol. The number of aryl methyl sites for hydroxylation is 2. The molecule has 2 N–H and O–H groups in total. The Morgan fingerprint density at radius 1 is 1.03 bits per heavy atom. The molecule has 3 amide bonds. The fourth-order valence-electron chi connectivity index (χ4n) is 3.69. The summed E-state index contributed by atoms with van der Waals surface area (Å²) in [6, 6.07) is 11.4. The first kappa shape index (κ1) is 21.9. The molecule has 1 fully saturated rings. The highest BCUT2D eigenvalue weighted by molar-refractivity contribution is 7.13. The monoisotopic (exact) mass is 453 g/mol. The molecular formula is C23H24FN5O2S. The number of amides is 3. The summed E-state index contributed by atoms with van der Waals surface area (Å²) in [6.45, 7) is 5.22. The molecule has 0 unspecified atom stereocenters. The maximum atomic E-state index is 13.0. The summed E-state index contributed by atoms with van der Waals surface area (Å²) in [5, 5.41) is 15.0. The van der Waals surface area contributed by atoms with Crippen molar-refractivity contribution in [3.8, 4) is 0 Å². The van der Waals surface area contributed by atoms with E-state index < -0.39 is 0 Å². The summed E-state index contributed by atoms with van der Waals surface area (Å²) in [7, 11) is 0. The largest absolute Gasteiger partial charge is 0.324 e. The van der Waals surface area contributed by atoms with Crippen molar-refractivity contribution >= 4 is 34.6 Å². The second-order valence-corrected chi connectivity index (χ2v) is 8.93. The maximum Gasteiger partial charge on any atom is 0.321 e. The molecule has 9 heteroatoms. The molecule has 2 heterocycles. The van der Waals surface area contributed by atoms with Gasteiger partial charge in [0.2, 0.25) is 5.01 Å². The number of hydrogen-bond donors (Lipinski definition) is 2. The van der Waals surface area contributed by atoms with E-state index in [-0.39, 0.29) is 28.7 Å². The Hall–Kier alpha value is -3.33. The van der Waals surface area contributed by atoms with Gasteiger partial charge in [-0.15, -0.1) is 10.2 Å². The first-order valence-corrected chi connectivity index (χ1v) is 11.2. The number of carbonyl (C=O) groups is 2. The third kappa shape index (κ3) is 5.11. The second-order valence-electron chi connectivity index (χ2n) is 7.92. The standard InChI is InChI=1S/C23H24FN5O2S/c1-14-3-8-19(15(2)13-14)26-23(31)29-11-9-16(10-12-29)21-27-28-22(32-21)20(30)25-18-6-4-17(24)5-7-18/h3-8,13,16H,9-12H2,1-2H3,(H,25,30)(H,26,31). The maximum absolute atomic E-state index is 13.0. The Balaban J connectivity index is 1.31. The number of carbonyl (C=O) groups excluding carboxylic acids is 2. The lowest BCUT2D eigenvalue weighted by Crippen LogP contribution is -2.40. The van der Waals surface area contributed by atoms with Crippen LogP contribution in [0.5, 0.6) is 0 Å². The Morgan fingerprint density at radius 3 is 2.44 bits per heavy atom. The molecule has 1 aliphatic rings. The minimum Gasteiger partial charge on any atom is -0.324 e. The summed E-state index contributed by atoms with van der Waals surface area (Å²) in [4.78, 5) is 26.9. The third-order valence-corrected chi connectivity index (χ3v) is 6.58. The number of benzene rings is 2. The predicted octanol–water partition coefficient (Wildman–Crippen LogP) is 4.96. The highest BCUT2D eigenvalue weighted by atomic mass is 32.1. The molecule has 0 spiro atoms. The first-order valence-electron chi connectivity index (χ1n) is 10.4. The van der Waals surface area contributed by atoms with Gasteiger partial charge < -0.3 is 15.5 Å². The number of nitrogens with zero attached hydrogens (tertiary/aromatic N) is 3. The molecule has 1 aliphatic heterocycles. The number of nitrogens with one attached hydrogen (secondary N) is 2. The summed E-state index contributed by atoms with van der Waals surface area (Å²) in [6.07, 6.45) is 1.52. The number of anilines is 2. The minimum atomic E-state index is -0.370. The van der Waals surface area contributed by atoms with Crippen molar-refractivity contribution in [1.29, 1.82) is 0 Å². The Morgan fingerprint density at radius 2 is 1.75 bits per heavy atom. The highest BCUT2D eigenvalue weighted by Crippen LogP contribution is 2.31. The molecule has 0 atom stereocenters. The van der Waals surface area contributed by atoms with E-state index in [9.17, 15) is 14.0 Å². The molecule has 2 aromatic carbocycles. The number of urea groups is 1. The van der Waals surface area contributed by atoms with Crippen LogP contribution >= 0.6 is 11.3 Å². The van der Waals surface area contributed by atoms with Gasteiger partial charge in [0.25, 0.3) is 5.91 Å². The molecule has 1 aromatic heterocycles. The summed E-state index contributed by atoms with van der Waals surface area (Å²) >= 11 is 1.26. The number of rotatable bonds is 4. The zero-order valence-corrected chi connectivity index (χ0v) is 18.7. The van der Waals surface area contributed by atoms with Crippen LogP contribution in [0.15, 0.2) is 42.5 Å². The molecule has 32 heavy (non-hydrogen) atoms. The van der Waals surface area contributed by atoms with Crippen molar-refractivity contribution in [2.24, 2.45) is 0 Å². The first-order chi connectivity index (χ1) is 15.4. The van der Waals surface area contributed by atoms with E-state index >= 15 is 0 Å². The van der Waals surface area contributed by atoms with Crippen LogP contribution in [0.25, 0.3) is 0 Å². The van der Waals surface area contributed by atoms with Gasteiger partial charge in [0.05, 0.1) is 0 Å². The zero-order valence-electron chi connectivity index (χ0n) is 17.9. The van der Waals surface area contributed by atoms with E-state index in [1.807, 2.05) is 32.0 Å². The molecule has 4 rings (SSSR count). The smallest absolute Gasteiger partial charge is 0.321 e. The molecule has 3 aromatic rings. The number of piperidine rings is 1. The van der Waals surface area contributed by atoms with Crippen LogP contribution in [0.2, 0.25) is 0 Å². The van der Waals surface area contributed by atoms with Crippen molar-refractivity contribution in [2.75, 3.05) is 23.7 Å². The number of halogens is 1. The van der Waals surface area contributed by atoms with Crippen LogP contribution in [-0.2, 0) is 0 Å². The molecule has 1 saturated heterocycles. The van der Waals surface area contributed by atoms with Gasteiger partial charge in [-0.2, -0.15) is 0 Å². The van der Waals surface area contributed by atoms with E-state index in [1.165, 1.54) is 35.6 Å². The highest BCUT2D eigenvalue weighted by Gasteiger charge is 2.27. The molecular weight excluding hydrogens is 429 g/mol. The lowest BCUT2D eigenvalue weighted by Gasteiger charge is -2.31. The van der Waals surface area contributed by atoms with Crippen molar-refractivity contribution in [3.63, 3.8) is 0 Å². The van der Waals surface area contributed by atoms with Crippen LogP contribution in [0.1, 0.15) is 44.7 Å². The van der Waals surface area contributed by atoms with Crippen LogP contribution in [-0.4, -0.2) is 40.1 Å². The number of hydrogen-bond acceptors (Lipinski definition) is 5. The average Bonchev–Trinajstić information content (AvgIpc) is 3.28. The lowest BCUT2D eigenvalue weighted by molar-refractivity contribution is 0.102. The second kappa shape index (κ2) is 9.44. The van der Waals surface area contributed by atoms with E-state index in [1.54, 1.807) is 4.90 Å². The molecule has 166 valence electrons. The fraction of sp³-hybridized carbons (Fsp3) is 0.304. The van der Waals surface area contributed by atoms with Crippen molar-refractivity contribution in [2.45, 2.75) is 32.6 Å². The zero-order chi connectivity index (χ0) is 22.7. The van der Waals surface area contributed by atoms with Gasteiger partial charge in [-0.25, -0.2) is 9.18 Å². The van der Waals surface area contributed by atoms with E-state index in [0.717, 1.165) is 34.7 Å². The molecule has 7 nitrogen and oxygen atoms in total. The molecule has 0 bridgehead atoms. The molecule has 0 saturated carbocycles. The number of aromatic nitrogens is 2. The summed E-state index contributed by atoms with van der Waals surface area (Å²) in [5.41, 5.74) is 3.51. The third-order valence-electron chi connectivity index (χ3n) is 5.49. The summed E-state index contributed by atoms with van der Waals surface area (Å²) in [5.74, 6) is -0.578. The van der Waals surface area contributed by atoms with Crippen LogP contribution < -0.4 is 10.6 Å². The quantitative estimate of drug-likeness (QED) is 0.585. The topological polar surface area (TPSA) is 87.2 Å². The van der Waals surface area contributed by atoms with Crippen molar-refractivity contribution < 1.29 is 14.0 Å². The SMILES string of the molecule is Cc1ccc(NC(=O)N2CCC(c3nnc(C(=O)Nc4ccc(F)cc4)s3)CC2)c(C)c1. The van der Waals surface area contributed by atoms with Gasteiger partial charge >= 0.3 is 6.03 Å². The Bertz CT molecular complexity index is 1120. The van der Waals surface area contributed by atoms with E-state index in [4.69, 9.17) is 0 Å². The molecule has 0 radical (unpaired) electrons. The van der Waals surface area contributed by atoms with E-state index in [0.29, 0.717) is 18.8 Å². The van der Waals surface area contributed by atoms with Crippen LogP contribution in [0, 0.1) is 19.7 Å². The van der Waals surface area contributed by atoms with Crippen LogP contribution in [0.4, 0.5) is 20.6 Å². The van der Waals surface area contributed by atoms with Gasteiger partial charge in [0, 0.05) is 30.4 Å². The average molecular weight is 454 g/mol. The normalized spacial score (nSPS) is 14.3. The van der Waals surface area contributed by atoms with Crippen LogP contribution in [0.3, 0.4) is 0 Å². The Labute approximate surface area is 189 Å². The fourth-order valence-corrected chi connectivity index (χ4v) is 4.59. The van der Waals surface area contributed by atoms with Gasteiger partial charge in [-0.3, -0.25) is 4.79 Å². The van der Waals surface area contributed by atoms with E-state index in [2.05, 4.69) is 20.8 Å². The molecule has 0 aliphatic carbocycles. The van der Waals surface area contributed by atoms with Gasteiger partial charge in [-0.1, -0.05) is 29.0 Å². The Kier molecular flexibility index (Phi) is 6.45. The van der Waals surface area contributed by atoms with Gasteiger partial charge in [0.15, 0.2) is 0 Å². The minimum absolute atomic E-state index is 0.105. The van der Waals surface area contributed by atoms with Gasteiger partial charge in [0.1, 0.15) is 10.8 Å². The summed E-state index contributed by atoms with van der Waals surface area (Å²) < 4.78 is 13.0. The number of likely N-dealkylation sites (tertiary alicyclic amines) is 1. The lowest BCUT2D eigenvalue weighted by atomic mass is 9.98. The van der Waals surface area contributed by atoms with Crippen molar-refractivity contribution in [3.05, 3.63) is 69.4 Å².